The molecule has 0 saturated heterocycles. The molecule has 0 atom stereocenters. The number of rotatable bonds is 2. The molecule has 0 unspecified atom stereocenters. The van der Waals surface area contributed by atoms with Crippen LogP contribution < -0.4 is 0 Å². The highest BCUT2D eigenvalue weighted by Crippen LogP contribution is 2.21. The van der Waals surface area contributed by atoms with Gasteiger partial charge in [0.2, 0.25) is 0 Å². The minimum absolute atomic E-state index is 0.841. The van der Waals surface area contributed by atoms with Gasteiger partial charge in [-0.05, 0) is 30.3 Å². The van der Waals surface area contributed by atoms with Gasteiger partial charge in [0.05, 0.1) is 11.4 Å². The Hall–Kier alpha value is -1.48. The first-order chi connectivity index (χ1) is 7.34. The first-order valence-electron chi connectivity index (χ1n) is 4.57. The average molecular weight is 261 g/mol. The summed E-state index contributed by atoms with van der Waals surface area (Å²) in [6.07, 6.45) is 0. The fourth-order valence-corrected chi connectivity index (χ4v) is 1.54. The van der Waals surface area contributed by atoms with Crippen molar-refractivity contribution in [3.05, 3.63) is 59.1 Å². The largest absolute Gasteiger partial charge is 0.151 e. The molecule has 0 aliphatic rings. The van der Waals surface area contributed by atoms with Crippen LogP contribution in [0.3, 0.4) is 0 Å². The quantitative estimate of drug-likeness (QED) is 0.689. The van der Waals surface area contributed by atoms with Crippen molar-refractivity contribution in [1.29, 1.82) is 0 Å². The molecule has 0 amide bonds. The van der Waals surface area contributed by atoms with Crippen LogP contribution in [0.25, 0.3) is 0 Å². The van der Waals surface area contributed by atoms with Gasteiger partial charge >= 0.3 is 0 Å². The van der Waals surface area contributed by atoms with E-state index < -0.39 is 0 Å². The van der Waals surface area contributed by atoms with Crippen LogP contribution >= 0.6 is 15.9 Å². The van der Waals surface area contributed by atoms with Gasteiger partial charge < -0.3 is 0 Å². The second-order valence-electron chi connectivity index (χ2n) is 3.02. The number of hydrogen-bond donors (Lipinski definition) is 0. The zero-order chi connectivity index (χ0) is 10.5. The van der Waals surface area contributed by atoms with E-state index >= 15 is 0 Å². The van der Waals surface area contributed by atoms with E-state index in [1.165, 1.54) is 0 Å². The van der Waals surface area contributed by atoms with Gasteiger partial charge in [-0.3, -0.25) is 0 Å². The van der Waals surface area contributed by atoms with E-state index in [0.717, 1.165) is 15.8 Å². The Balaban J connectivity index is 2.19. The summed E-state index contributed by atoms with van der Waals surface area (Å²) in [6, 6.07) is 17.4. The van der Waals surface area contributed by atoms with Crippen LogP contribution in [-0.4, -0.2) is 0 Å². The van der Waals surface area contributed by atoms with Crippen LogP contribution in [-0.2, 0) is 0 Å². The predicted molar refractivity (Wildman–Crippen MR) is 64.8 cm³/mol. The number of azo groups is 1. The molecule has 0 aliphatic heterocycles. The fourth-order valence-electron chi connectivity index (χ4n) is 1.15. The van der Waals surface area contributed by atoms with Crippen molar-refractivity contribution in [2.75, 3.05) is 0 Å². The highest BCUT2D eigenvalue weighted by Gasteiger charge is 1.90. The zero-order valence-electron chi connectivity index (χ0n) is 7.97. The number of hydrogen-bond acceptors (Lipinski definition) is 2. The summed E-state index contributed by atoms with van der Waals surface area (Å²) in [5.74, 6) is 0. The molecule has 2 nitrogen and oxygen atoms in total. The summed E-state index contributed by atoms with van der Waals surface area (Å²) >= 11 is 3.39. The van der Waals surface area contributed by atoms with Crippen LogP contribution in [0.15, 0.2) is 69.3 Å². The molecule has 0 N–H and O–H groups in total. The van der Waals surface area contributed by atoms with Gasteiger partial charge in [-0.2, -0.15) is 10.2 Å². The molecule has 2 rings (SSSR count). The molecule has 3 heteroatoms. The third kappa shape index (κ3) is 2.99. The van der Waals surface area contributed by atoms with E-state index in [-0.39, 0.29) is 0 Å². The molecule has 0 spiro atoms. The lowest BCUT2D eigenvalue weighted by Crippen LogP contribution is -1.65. The molecule has 74 valence electrons. The maximum atomic E-state index is 4.13. The smallest absolute Gasteiger partial charge is 0.0868 e. The van der Waals surface area contributed by atoms with E-state index in [0.29, 0.717) is 0 Å². The van der Waals surface area contributed by atoms with Gasteiger partial charge in [0.1, 0.15) is 0 Å². The molecule has 0 bridgehead atoms. The fraction of sp³-hybridized carbons (Fsp3) is 0. The molecular weight excluding hydrogens is 252 g/mol. The summed E-state index contributed by atoms with van der Waals surface area (Å²) in [4.78, 5) is 0. The van der Waals surface area contributed by atoms with E-state index in [2.05, 4.69) is 26.2 Å². The van der Waals surface area contributed by atoms with Crippen LogP contribution in [0, 0.1) is 0 Å². The Morgan fingerprint density at radius 2 is 1.40 bits per heavy atom. The SMILES string of the molecule is Brc1cccc(N=Nc2ccccc2)c1. The maximum Gasteiger partial charge on any atom is 0.0868 e. The van der Waals surface area contributed by atoms with Crippen molar-refractivity contribution in [2.24, 2.45) is 10.2 Å². The second kappa shape index (κ2) is 4.84. The zero-order valence-corrected chi connectivity index (χ0v) is 9.55. The Morgan fingerprint density at radius 1 is 0.733 bits per heavy atom. The minimum Gasteiger partial charge on any atom is -0.151 e. The van der Waals surface area contributed by atoms with E-state index in [4.69, 9.17) is 0 Å². The molecule has 2 aromatic carbocycles. The summed E-state index contributed by atoms with van der Waals surface area (Å²) in [7, 11) is 0. The summed E-state index contributed by atoms with van der Waals surface area (Å²) in [5, 5.41) is 8.25. The topological polar surface area (TPSA) is 24.7 Å². The number of benzene rings is 2. The Kier molecular flexibility index (Phi) is 3.25. The molecule has 0 heterocycles. The normalized spacial score (nSPS) is 10.7. The molecule has 0 aromatic heterocycles. The molecule has 0 fully saturated rings. The predicted octanol–water partition coefficient (Wildman–Crippen LogP) is 4.86. The van der Waals surface area contributed by atoms with Gasteiger partial charge in [0, 0.05) is 4.47 Å². The van der Waals surface area contributed by atoms with Gasteiger partial charge in [0.15, 0.2) is 0 Å². The third-order valence-electron chi connectivity index (χ3n) is 1.85. The molecule has 0 radical (unpaired) electrons. The van der Waals surface area contributed by atoms with Crippen molar-refractivity contribution in [3.8, 4) is 0 Å². The first kappa shape index (κ1) is 10.1. The highest BCUT2D eigenvalue weighted by molar-refractivity contribution is 9.10. The lowest BCUT2D eigenvalue weighted by atomic mass is 10.3. The monoisotopic (exact) mass is 260 g/mol. The van der Waals surface area contributed by atoms with Crippen LogP contribution in [0.2, 0.25) is 0 Å². The summed E-state index contributed by atoms with van der Waals surface area (Å²) in [5.41, 5.74) is 1.70. The summed E-state index contributed by atoms with van der Waals surface area (Å²) < 4.78 is 1.01. The number of halogens is 1. The lowest BCUT2D eigenvalue weighted by molar-refractivity contribution is 1.23. The third-order valence-corrected chi connectivity index (χ3v) is 2.34. The minimum atomic E-state index is 0.841. The first-order valence-corrected chi connectivity index (χ1v) is 5.36. The molecule has 15 heavy (non-hydrogen) atoms. The van der Waals surface area contributed by atoms with Crippen LogP contribution in [0.5, 0.6) is 0 Å². The molecule has 0 aliphatic carbocycles. The highest BCUT2D eigenvalue weighted by atomic mass is 79.9. The Morgan fingerprint density at radius 3 is 2.13 bits per heavy atom. The standard InChI is InChI=1S/C12H9BrN2/c13-10-5-4-8-12(9-10)15-14-11-6-2-1-3-7-11/h1-9H. The van der Waals surface area contributed by atoms with Crippen molar-refractivity contribution in [1.82, 2.24) is 0 Å². The van der Waals surface area contributed by atoms with E-state index in [1.54, 1.807) is 0 Å². The van der Waals surface area contributed by atoms with Crippen molar-refractivity contribution in [2.45, 2.75) is 0 Å². The Labute approximate surface area is 96.8 Å². The number of nitrogens with zero attached hydrogens (tertiary/aromatic N) is 2. The summed E-state index contributed by atoms with van der Waals surface area (Å²) in [6.45, 7) is 0. The van der Waals surface area contributed by atoms with Crippen LogP contribution in [0.4, 0.5) is 11.4 Å². The van der Waals surface area contributed by atoms with Gasteiger partial charge in [-0.1, -0.05) is 40.2 Å². The molecular formula is C12H9BrN2. The van der Waals surface area contributed by atoms with E-state index in [9.17, 15) is 0 Å². The maximum absolute atomic E-state index is 4.13. The van der Waals surface area contributed by atoms with E-state index in [1.807, 2.05) is 54.6 Å². The van der Waals surface area contributed by atoms with Gasteiger partial charge in [-0.25, -0.2) is 0 Å². The van der Waals surface area contributed by atoms with Gasteiger partial charge in [0.25, 0.3) is 0 Å². The Bertz CT molecular complexity index is 466. The molecule has 0 saturated carbocycles. The van der Waals surface area contributed by atoms with Crippen molar-refractivity contribution >= 4 is 27.3 Å². The van der Waals surface area contributed by atoms with Crippen molar-refractivity contribution < 1.29 is 0 Å². The van der Waals surface area contributed by atoms with Gasteiger partial charge in [-0.15, -0.1) is 0 Å². The van der Waals surface area contributed by atoms with Crippen molar-refractivity contribution in [3.63, 3.8) is 0 Å². The van der Waals surface area contributed by atoms with Crippen LogP contribution in [0.1, 0.15) is 0 Å². The molecule has 2 aromatic rings. The second-order valence-corrected chi connectivity index (χ2v) is 3.93. The average Bonchev–Trinajstić information content (AvgIpc) is 2.28. The lowest BCUT2D eigenvalue weighted by Gasteiger charge is -1.93.